The van der Waals surface area contributed by atoms with E-state index < -0.39 is 0 Å². The summed E-state index contributed by atoms with van der Waals surface area (Å²) in [4.78, 5) is 25.1. The fraction of sp³-hybridized carbons (Fsp3) is 0. The first kappa shape index (κ1) is 19.9. The smallest absolute Gasteiger partial charge is 0.255 e. The summed E-state index contributed by atoms with van der Waals surface area (Å²) in [7, 11) is 0. The van der Waals surface area contributed by atoms with Gasteiger partial charge in [-0.25, -0.2) is 0 Å². The molecule has 0 aliphatic rings. The van der Waals surface area contributed by atoms with Crippen LogP contribution < -0.4 is 15.4 Å². The molecule has 0 saturated heterocycles. The van der Waals surface area contributed by atoms with Crippen LogP contribution in [0.1, 0.15) is 20.7 Å². The van der Waals surface area contributed by atoms with E-state index in [-0.39, 0.29) is 11.8 Å². The zero-order valence-corrected chi connectivity index (χ0v) is 16.6. The minimum Gasteiger partial charge on any atom is -0.453 e. The number of rotatable bonds is 6. The summed E-state index contributed by atoms with van der Waals surface area (Å²) in [6, 6.07) is 32.2. The second kappa shape index (κ2) is 9.41. The molecule has 4 aromatic rings. The van der Waals surface area contributed by atoms with Crippen molar-refractivity contribution in [2.24, 2.45) is 0 Å². The van der Waals surface area contributed by atoms with Crippen molar-refractivity contribution in [2.45, 2.75) is 0 Å². The van der Waals surface area contributed by atoms with Gasteiger partial charge in [-0.1, -0.05) is 60.7 Å². The van der Waals surface area contributed by atoms with Crippen molar-refractivity contribution in [2.75, 3.05) is 10.6 Å². The van der Waals surface area contributed by atoms with Crippen molar-refractivity contribution in [1.82, 2.24) is 0 Å². The molecule has 0 fully saturated rings. The van der Waals surface area contributed by atoms with Gasteiger partial charge in [0.15, 0.2) is 11.5 Å². The third-order valence-electron chi connectivity index (χ3n) is 4.56. The van der Waals surface area contributed by atoms with Crippen molar-refractivity contribution in [3.8, 4) is 11.5 Å². The van der Waals surface area contributed by atoms with Crippen LogP contribution in [0.4, 0.5) is 11.4 Å². The van der Waals surface area contributed by atoms with E-state index in [0.29, 0.717) is 34.0 Å². The SMILES string of the molecule is O=C(Nc1ccccc1Oc1ccccc1NC(=O)c1ccccc1)c1ccccc1. The minimum atomic E-state index is -0.234. The van der Waals surface area contributed by atoms with E-state index in [1.807, 2.05) is 60.7 Å². The molecule has 4 rings (SSSR count). The quantitative estimate of drug-likeness (QED) is 0.412. The van der Waals surface area contributed by atoms with Gasteiger partial charge in [0.1, 0.15) is 0 Å². The number of amides is 2. The van der Waals surface area contributed by atoms with Crippen LogP contribution in [-0.4, -0.2) is 11.8 Å². The number of hydrogen-bond donors (Lipinski definition) is 2. The molecule has 5 nitrogen and oxygen atoms in total. The van der Waals surface area contributed by atoms with Gasteiger partial charge in [0.25, 0.3) is 11.8 Å². The number of carbonyl (C=O) groups is 2. The van der Waals surface area contributed by atoms with E-state index in [0.717, 1.165) is 0 Å². The van der Waals surface area contributed by atoms with Gasteiger partial charge in [0, 0.05) is 11.1 Å². The number of hydrogen-bond acceptors (Lipinski definition) is 3. The Morgan fingerprint density at radius 3 is 1.26 bits per heavy atom. The number of anilines is 2. The summed E-state index contributed by atoms with van der Waals surface area (Å²) in [6.45, 7) is 0. The molecule has 0 aliphatic carbocycles. The zero-order chi connectivity index (χ0) is 21.5. The van der Waals surface area contributed by atoms with Crippen LogP contribution in [0.15, 0.2) is 109 Å². The highest BCUT2D eigenvalue weighted by molar-refractivity contribution is 6.06. The maximum Gasteiger partial charge on any atom is 0.255 e. The second-order valence-electron chi connectivity index (χ2n) is 6.73. The molecular formula is C26H20N2O3. The molecule has 2 amide bonds. The summed E-state index contributed by atoms with van der Waals surface area (Å²) in [5.74, 6) is 0.464. The number of ether oxygens (including phenoxy) is 1. The Kier molecular flexibility index (Phi) is 6.05. The van der Waals surface area contributed by atoms with Crippen LogP contribution in [0.3, 0.4) is 0 Å². The van der Waals surface area contributed by atoms with Crippen LogP contribution in [0.5, 0.6) is 11.5 Å². The van der Waals surface area contributed by atoms with E-state index in [4.69, 9.17) is 4.74 Å². The van der Waals surface area contributed by atoms with Gasteiger partial charge in [0.05, 0.1) is 11.4 Å². The maximum atomic E-state index is 12.6. The van der Waals surface area contributed by atoms with Crippen molar-refractivity contribution in [3.63, 3.8) is 0 Å². The highest BCUT2D eigenvalue weighted by atomic mass is 16.5. The average molecular weight is 408 g/mol. The minimum absolute atomic E-state index is 0.234. The van der Waals surface area contributed by atoms with Gasteiger partial charge in [-0.3, -0.25) is 9.59 Å². The Bertz CT molecular complexity index is 1100. The third kappa shape index (κ3) is 4.97. The standard InChI is InChI=1S/C26H20N2O3/c29-25(19-11-3-1-4-12-19)27-21-15-7-9-17-23(21)31-24-18-10-8-16-22(24)28-26(30)20-13-5-2-6-14-20/h1-18H,(H,27,29)(H,28,30). The van der Waals surface area contributed by atoms with Gasteiger partial charge < -0.3 is 15.4 Å². The molecule has 0 atom stereocenters. The topological polar surface area (TPSA) is 67.4 Å². The Labute approximate surface area is 180 Å². The summed E-state index contributed by atoms with van der Waals surface area (Å²) >= 11 is 0. The fourth-order valence-corrected chi connectivity index (χ4v) is 3.00. The molecule has 0 heterocycles. The van der Waals surface area contributed by atoms with Crippen molar-refractivity contribution in [1.29, 1.82) is 0 Å². The number of para-hydroxylation sites is 4. The third-order valence-corrected chi connectivity index (χ3v) is 4.56. The van der Waals surface area contributed by atoms with Gasteiger partial charge in [-0.15, -0.1) is 0 Å². The van der Waals surface area contributed by atoms with Gasteiger partial charge in [-0.05, 0) is 48.5 Å². The van der Waals surface area contributed by atoms with Gasteiger partial charge >= 0.3 is 0 Å². The van der Waals surface area contributed by atoms with E-state index >= 15 is 0 Å². The lowest BCUT2D eigenvalue weighted by molar-refractivity contribution is 0.101. The summed E-state index contributed by atoms with van der Waals surface area (Å²) in [5, 5.41) is 5.76. The molecule has 0 aliphatic heterocycles. The van der Waals surface area contributed by atoms with E-state index in [1.165, 1.54) is 0 Å². The summed E-state index contributed by atoms with van der Waals surface area (Å²) < 4.78 is 6.08. The second-order valence-corrected chi connectivity index (χ2v) is 6.73. The fourth-order valence-electron chi connectivity index (χ4n) is 3.00. The number of carbonyl (C=O) groups excluding carboxylic acids is 2. The number of nitrogens with one attached hydrogen (secondary N) is 2. The first-order valence-electron chi connectivity index (χ1n) is 9.79. The molecule has 0 bridgehead atoms. The largest absolute Gasteiger partial charge is 0.453 e. The molecule has 31 heavy (non-hydrogen) atoms. The van der Waals surface area contributed by atoms with Crippen LogP contribution in [-0.2, 0) is 0 Å². The normalized spacial score (nSPS) is 10.2. The zero-order valence-electron chi connectivity index (χ0n) is 16.6. The molecule has 0 aromatic heterocycles. The lowest BCUT2D eigenvalue weighted by atomic mass is 10.2. The number of benzene rings is 4. The Balaban J connectivity index is 1.55. The Morgan fingerprint density at radius 2 is 0.839 bits per heavy atom. The van der Waals surface area contributed by atoms with Crippen LogP contribution in [0.2, 0.25) is 0 Å². The molecule has 0 unspecified atom stereocenters. The highest BCUT2D eigenvalue weighted by Crippen LogP contribution is 2.34. The predicted molar refractivity (Wildman–Crippen MR) is 122 cm³/mol. The lowest BCUT2D eigenvalue weighted by Crippen LogP contribution is -2.13. The van der Waals surface area contributed by atoms with Crippen LogP contribution in [0, 0.1) is 0 Å². The molecule has 2 N–H and O–H groups in total. The Hall–Kier alpha value is -4.38. The molecular weight excluding hydrogens is 388 g/mol. The summed E-state index contributed by atoms with van der Waals surface area (Å²) in [5.41, 5.74) is 2.15. The van der Waals surface area contributed by atoms with Crippen LogP contribution in [0.25, 0.3) is 0 Å². The molecule has 0 saturated carbocycles. The monoisotopic (exact) mass is 408 g/mol. The molecule has 4 aromatic carbocycles. The van der Waals surface area contributed by atoms with Crippen molar-refractivity contribution in [3.05, 3.63) is 120 Å². The maximum absolute atomic E-state index is 12.6. The predicted octanol–water partition coefficient (Wildman–Crippen LogP) is 5.98. The van der Waals surface area contributed by atoms with Crippen molar-refractivity contribution < 1.29 is 14.3 Å². The summed E-state index contributed by atoms with van der Waals surface area (Å²) in [6.07, 6.45) is 0. The Morgan fingerprint density at radius 1 is 0.484 bits per heavy atom. The molecule has 5 heteroatoms. The lowest BCUT2D eigenvalue weighted by Gasteiger charge is -2.15. The molecule has 152 valence electrons. The van der Waals surface area contributed by atoms with Crippen molar-refractivity contribution >= 4 is 23.2 Å². The van der Waals surface area contributed by atoms with E-state index in [2.05, 4.69) is 10.6 Å². The molecule has 0 radical (unpaired) electrons. The van der Waals surface area contributed by atoms with E-state index in [1.54, 1.807) is 48.5 Å². The van der Waals surface area contributed by atoms with E-state index in [9.17, 15) is 9.59 Å². The van der Waals surface area contributed by atoms with Gasteiger partial charge in [0.2, 0.25) is 0 Å². The first-order chi connectivity index (χ1) is 15.2. The highest BCUT2D eigenvalue weighted by Gasteiger charge is 2.13. The first-order valence-corrected chi connectivity index (χ1v) is 9.79. The van der Waals surface area contributed by atoms with Gasteiger partial charge in [-0.2, -0.15) is 0 Å². The molecule has 0 spiro atoms. The van der Waals surface area contributed by atoms with Crippen LogP contribution >= 0.6 is 0 Å². The average Bonchev–Trinajstić information content (AvgIpc) is 2.82.